The molecule has 7 nitrogen and oxygen atoms in total. The number of benzene rings is 1. The summed E-state index contributed by atoms with van der Waals surface area (Å²) in [6, 6.07) is 5.98. The quantitative estimate of drug-likeness (QED) is 0.529. The third-order valence-electron chi connectivity index (χ3n) is 4.12. The van der Waals surface area contributed by atoms with Gasteiger partial charge in [-0.15, -0.1) is 16.4 Å². The Morgan fingerprint density at radius 2 is 2.04 bits per heavy atom. The second-order valence-electron chi connectivity index (χ2n) is 5.85. The van der Waals surface area contributed by atoms with Crippen molar-refractivity contribution < 1.29 is 0 Å². The summed E-state index contributed by atoms with van der Waals surface area (Å²) in [4.78, 5) is 21.2. The molecule has 0 amide bonds. The van der Waals surface area contributed by atoms with Gasteiger partial charge < -0.3 is 4.98 Å². The lowest BCUT2D eigenvalue weighted by molar-refractivity contribution is 0.891. The van der Waals surface area contributed by atoms with Gasteiger partial charge in [0.15, 0.2) is 17.3 Å². The van der Waals surface area contributed by atoms with Crippen LogP contribution in [0.2, 0.25) is 0 Å². The number of aromatic amines is 1. The summed E-state index contributed by atoms with van der Waals surface area (Å²) < 4.78 is 1.83. The zero-order valence-corrected chi connectivity index (χ0v) is 14.4. The number of nitrogens with zero attached hydrogens (tertiary/aromatic N) is 6. The molecule has 8 heteroatoms. The number of fused-ring (bicyclic) bond motifs is 2. The van der Waals surface area contributed by atoms with Crippen LogP contribution in [-0.4, -0.2) is 34.5 Å². The molecule has 0 aliphatic rings. The van der Waals surface area contributed by atoms with E-state index in [2.05, 4.69) is 30.0 Å². The van der Waals surface area contributed by atoms with Crippen LogP contribution < -0.4 is 0 Å². The van der Waals surface area contributed by atoms with E-state index in [-0.39, 0.29) is 0 Å². The van der Waals surface area contributed by atoms with E-state index in [0.29, 0.717) is 5.82 Å². The summed E-state index contributed by atoms with van der Waals surface area (Å²) in [6.45, 7) is 3.90. The van der Waals surface area contributed by atoms with Gasteiger partial charge in [0.25, 0.3) is 0 Å². The molecule has 4 heterocycles. The first-order valence-electron chi connectivity index (χ1n) is 7.77. The van der Waals surface area contributed by atoms with Gasteiger partial charge in [-0.3, -0.25) is 4.98 Å². The van der Waals surface area contributed by atoms with Gasteiger partial charge >= 0.3 is 0 Å². The molecule has 0 atom stereocenters. The molecule has 0 unspecified atom stereocenters. The van der Waals surface area contributed by atoms with Crippen LogP contribution in [-0.2, 0) is 0 Å². The molecule has 1 N–H and O–H groups in total. The van der Waals surface area contributed by atoms with Gasteiger partial charge in [-0.1, -0.05) is 0 Å². The highest BCUT2D eigenvalue weighted by Gasteiger charge is 2.13. The molecule has 4 aromatic heterocycles. The number of hydrogen-bond acceptors (Lipinski definition) is 6. The lowest BCUT2D eigenvalue weighted by Gasteiger charge is -1.97. The maximum Gasteiger partial charge on any atom is 0.182 e. The largest absolute Gasteiger partial charge is 0.337 e. The van der Waals surface area contributed by atoms with Gasteiger partial charge in [0, 0.05) is 17.1 Å². The highest BCUT2D eigenvalue weighted by atomic mass is 32.1. The molecule has 0 spiro atoms. The van der Waals surface area contributed by atoms with Crippen molar-refractivity contribution in [2.45, 2.75) is 13.8 Å². The first-order chi connectivity index (χ1) is 12.2. The third kappa shape index (κ3) is 2.22. The minimum absolute atomic E-state index is 0.672. The number of thiazole rings is 1. The third-order valence-corrected chi connectivity index (χ3v) is 4.71. The Balaban J connectivity index is 1.66. The maximum atomic E-state index is 4.65. The normalized spacial score (nSPS) is 11.6. The van der Waals surface area contributed by atoms with Crippen LogP contribution in [0.25, 0.3) is 39.6 Å². The fraction of sp³-hybridized carbons (Fsp3) is 0.118. The number of aryl methyl sites for hydroxylation is 2. The molecule has 0 saturated heterocycles. The fourth-order valence-corrected chi connectivity index (χ4v) is 3.35. The van der Waals surface area contributed by atoms with E-state index in [4.69, 9.17) is 0 Å². The second kappa shape index (κ2) is 5.18. The number of imidazole rings is 1. The molecule has 0 fully saturated rings. The van der Waals surface area contributed by atoms with Crippen molar-refractivity contribution in [3.05, 3.63) is 46.7 Å². The number of nitrogens with one attached hydrogen (secondary N) is 1. The molecule has 0 saturated carbocycles. The van der Waals surface area contributed by atoms with Crippen molar-refractivity contribution >= 4 is 28.0 Å². The van der Waals surface area contributed by atoms with E-state index in [1.165, 1.54) is 0 Å². The molecule has 5 rings (SSSR count). The predicted molar refractivity (Wildman–Crippen MR) is 96.5 cm³/mol. The Morgan fingerprint density at radius 1 is 1.12 bits per heavy atom. The zero-order valence-electron chi connectivity index (χ0n) is 13.6. The fourth-order valence-electron chi connectivity index (χ4n) is 2.82. The number of aromatic nitrogens is 7. The smallest absolute Gasteiger partial charge is 0.182 e. The van der Waals surface area contributed by atoms with Crippen molar-refractivity contribution in [2.24, 2.45) is 0 Å². The van der Waals surface area contributed by atoms with Crippen molar-refractivity contribution in [3.63, 3.8) is 0 Å². The Labute approximate surface area is 146 Å². The van der Waals surface area contributed by atoms with Crippen LogP contribution in [0.5, 0.6) is 0 Å². The van der Waals surface area contributed by atoms with Gasteiger partial charge in [0.2, 0.25) is 0 Å². The van der Waals surface area contributed by atoms with Crippen LogP contribution in [0.4, 0.5) is 0 Å². The van der Waals surface area contributed by atoms with E-state index >= 15 is 0 Å². The molecule has 0 radical (unpaired) electrons. The Kier molecular flexibility index (Phi) is 2.95. The standard InChI is InChI=1S/C17H13N7S/c1-9-6-18-10(2)17-22-15(23-24(9)17)11-3-4-12-13(5-11)21-16(20-12)14-7-25-8-19-14/h3-8H,1-2H3,(H,20,21). The first-order valence-corrected chi connectivity index (χ1v) is 8.71. The van der Waals surface area contributed by atoms with Gasteiger partial charge in [0.1, 0.15) is 5.69 Å². The molecule has 5 aromatic rings. The summed E-state index contributed by atoms with van der Waals surface area (Å²) in [5.74, 6) is 1.44. The molecular weight excluding hydrogens is 334 g/mol. The van der Waals surface area contributed by atoms with Crippen LogP contribution in [0, 0.1) is 13.8 Å². The highest BCUT2D eigenvalue weighted by molar-refractivity contribution is 7.07. The number of H-pyrrole nitrogens is 1. The maximum absolute atomic E-state index is 4.65. The predicted octanol–water partition coefficient (Wildman–Crippen LogP) is 3.41. The summed E-state index contributed by atoms with van der Waals surface area (Å²) in [5, 5.41) is 6.60. The lowest BCUT2D eigenvalue weighted by Crippen LogP contribution is -1.97. The van der Waals surface area contributed by atoms with Crippen LogP contribution in [0.1, 0.15) is 11.4 Å². The minimum Gasteiger partial charge on any atom is -0.337 e. The van der Waals surface area contributed by atoms with Crippen LogP contribution >= 0.6 is 11.3 Å². The van der Waals surface area contributed by atoms with Crippen molar-refractivity contribution in [3.8, 4) is 22.9 Å². The van der Waals surface area contributed by atoms with Crippen molar-refractivity contribution in [2.75, 3.05) is 0 Å². The highest BCUT2D eigenvalue weighted by Crippen LogP contribution is 2.25. The number of hydrogen-bond donors (Lipinski definition) is 1. The van der Waals surface area contributed by atoms with E-state index in [1.807, 2.05) is 41.9 Å². The van der Waals surface area contributed by atoms with Crippen LogP contribution in [0.3, 0.4) is 0 Å². The Morgan fingerprint density at radius 3 is 2.84 bits per heavy atom. The summed E-state index contributed by atoms with van der Waals surface area (Å²) in [7, 11) is 0. The van der Waals surface area contributed by atoms with Gasteiger partial charge in [0.05, 0.1) is 27.9 Å². The van der Waals surface area contributed by atoms with Gasteiger partial charge in [-0.2, -0.15) is 0 Å². The minimum atomic E-state index is 0.672. The molecule has 122 valence electrons. The summed E-state index contributed by atoms with van der Waals surface area (Å²) in [6.07, 6.45) is 1.80. The topological polar surface area (TPSA) is 84.6 Å². The van der Waals surface area contributed by atoms with Crippen molar-refractivity contribution in [1.82, 2.24) is 34.5 Å². The molecule has 25 heavy (non-hydrogen) atoms. The summed E-state index contributed by atoms with van der Waals surface area (Å²) >= 11 is 1.55. The Bertz CT molecular complexity index is 1180. The average Bonchev–Trinajstić information content (AvgIpc) is 3.36. The second-order valence-corrected chi connectivity index (χ2v) is 6.57. The molecule has 0 aliphatic heterocycles. The van der Waals surface area contributed by atoms with Crippen LogP contribution in [0.15, 0.2) is 35.3 Å². The van der Waals surface area contributed by atoms with E-state index in [9.17, 15) is 0 Å². The molecular formula is C17H13N7S. The molecule has 0 aliphatic carbocycles. The number of rotatable bonds is 2. The van der Waals surface area contributed by atoms with E-state index in [0.717, 1.165) is 45.2 Å². The monoisotopic (exact) mass is 347 g/mol. The molecule has 0 bridgehead atoms. The van der Waals surface area contributed by atoms with Crippen molar-refractivity contribution in [1.29, 1.82) is 0 Å². The zero-order chi connectivity index (χ0) is 17.0. The average molecular weight is 347 g/mol. The van der Waals surface area contributed by atoms with Gasteiger partial charge in [-0.05, 0) is 32.0 Å². The Hall–Kier alpha value is -3.13. The molecule has 1 aromatic carbocycles. The first kappa shape index (κ1) is 14.2. The van der Waals surface area contributed by atoms with Gasteiger partial charge in [-0.25, -0.2) is 19.5 Å². The SMILES string of the molecule is Cc1ncc(C)n2nc(-c3ccc4nc(-c5cscn5)[nH]c4c3)nc12. The summed E-state index contributed by atoms with van der Waals surface area (Å²) in [5.41, 5.74) is 8.01. The lowest BCUT2D eigenvalue weighted by atomic mass is 10.2. The van der Waals surface area contributed by atoms with E-state index < -0.39 is 0 Å². The van der Waals surface area contributed by atoms with E-state index in [1.54, 1.807) is 23.0 Å².